The fourth-order valence-electron chi connectivity index (χ4n) is 1.23. The molecule has 0 fully saturated rings. The van der Waals surface area contributed by atoms with Gasteiger partial charge < -0.3 is 4.74 Å². The first-order valence-electron chi connectivity index (χ1n) is 4.27. The van der Waals surface area contributed by atoms with Crippen molar-refractivity contribution >= 4 is 23.1 Å². The molecule has 0 atom stereocenters. The molecular weight excluding hydrogens is 260 g/mol. The number of ketones is 1. The minimum atomic E-state index is -3.29. The van der Waals surface area contributed by atoms with Crippen LogP contribution in [0.3, 0.4) is 0 Å². The zero-order chi connectivity index (χ0) is 13.2. The van der Waals surface area contributed by atoms with E-state index in [-0.39, 0.29) is 5.02 Å². The second-order valence-electron chi connectivity index (χ2n) is 2.96. The number of rotatable bonds is 4. The lowest BCUT2D eigenvalue weighted by atomic mass is 10.1. The van der Waals surface area contributed by atoms with E-state index < -0.39 is 34.3 Å². The molecule has 0 aliphatic rings. The first-order chi connectivity index (χ1) is 7.84. The smallest absolute Gasteiger partial charge is 0.387 e. The third-order valence-corrected chi connectivity index (χ3v) is 2.16. The minimum Gasteiger partial charge on any atom is -0.427 e. The molecule has 1 aromatic carbocycles. The van der Waals surface area contributed by atoms with Gasteiger partial charge in [-0.1, -0.05) is 11.6 Å². The van der Waals surface area contributed by atoms with Crippen LogP contribution in [0.5, 0.6) is 5.75 Å². The number of ether oxygens (including phenoxy) is 1. The van der Waals surface area contributed by atoms with Crippen LogP contribution in [0.15, 0.2) is 12.1 Å². The maximum Gasteiger partial charge on any atom is 0.387 e. The predicted molar refractivity (Wildman–Crippen MR) is 54.7 cm³/mol. The van der Waals surface area contributed by atoms with E-state index in [9.17, 15) is 23.7 Å². The number of hydrogen-bond acceptors (Lipinski definition) is 4. The third kappa shape index (κ3) is 2.88. The molecule has 1 aromatic rings. The summed E-state index contributed by atoms with van der Waals surface area (Å²) >= 11 is 5.62. The molecule has 0 radical (unpaired) electrons. The zero-order valence-electron chi connectivity index (χ0n) is 8.45. The van der Waals surface area contributed by atoms with Crippen molar-refractivity contribution in [3.63, 3.8) is 0 Å². The highest BCUT2D eigenvalue weighted by molar-refractivity contribution is 6.34. The Morgan fingerprint density at radius 2 is 2.12 bits per heavy atom. The number of alkyl halides is 2. The average molecular weight is 266 g/mol. The molecule has 0 saturated heterocycles. The standard InChI is InChI=1S/C9H6ClF2NO4/c1-4(14)7-5(10)2-3-6(13(15)16)8(7)17-9(11)12/h2-3,9H,1H3. The van der Waals surface area contributed by atoms with Crippen LogP contribution in [0.4, 0.5) is 14.5 Å². The molecule has 0 aromatic heterocycles. The Morgan fingerprint density at radius 3 is 2.53 bits per heavy atom. The van der Waals surface area contributed by atoms with Gasteiger partial charge in [-0.25, -0.2) is 0 Å². The molecule has 0 N–H and O–H groups in total. The summed E-state index contributed by atoms with van der Waals surface area (Å²) in [6.45, 7) is -2.24. The van der Waals surface area contributed by atoms with E-state index in [0.717, 1.165) is 19.1 Å². The number of carbonyl (C=O) groups excluding carboxylic acids is 1. The quantitative estimate of drug-likeness (QED) is 0.477. The van der Waals surface area contributed by atoms with Crippen molar-refractivity contribution in [1.29, 1.82) is 0 Å². The molecule has 0 bridgehead atoms. The summed E-state index contributed by atoms with van der Waals surface area (Å²) in [6.07, 6.45) is 0. The monoisotopic (exact) mass is 265 g/mol. The summed E-state index contributed by atoms with van der Waals surface area (Å²) in [5.74, 6) is -1.51. The van der Waals surface area contributed by atoms with Crippen molar-refractivity contribution in [2.45, 2.75) is 13.5 Å². The molecule has 0 amide bonds. The summed E-state index contributed by atoms with van der Waals surface area (Å²) in [7, 11) is 0. The van der Waals surface area contributed by atoms with E-state index in [1.807, 2.05) is 0 Å². The summed E-state index contributed by atoms with van der Waals surface area (Å²) in [4.78, 5) is 20.9. The van der Waals surface area contributed by atoms with Crippen molar-refractivity contribution in [3.05, 3.63) is 32.8 Å². The van der Waals surface area contributed by atoms with Gasteiger partial charge in [0.05, 0.1) is 15.5 Å². The SMILES string of the molecule is CC(=O)c1c(Cl)ccc([N+](=O)[O-])c1OC(F)F. The number of nitro groups is 1. The van der Waals surface area contributed by atoms with Crippen LogP contribution in [-0.4, -0.2) is 17.3 Å². The van der Waals surface area contributed by atoms with Gasteiger partial charge in [-0.2, -0.15) is 8.78 Å². The topological polar surface area (TPSA) is 69.4 Å². The largest absolute Gasteiger partial charge is 0.427 e. The molecule has 17 heavy (non-hydrogen) atoms. The molecule has 5 nitrogen and oxygen atoms in total. The molecule has 0 unspecified atom stereocenters. The lowest BCUT2D eigenvalue weighted by Crippen LogP contribution is -2.09. The van der Waals surface area contributed by atoms with Gasteiger partial charge in [-0.3, -0.25) is 14.9 Å². The first kappa shape index (κ1) is 13.3. The number of nitro benzene ring substituents is 1. The van der Waals surface area contributed by atoms with Crippen LogP contribution in [-0.2, 0) is 0 Å². The second kappa shape index (κ2) is 5.05. The molecule has 92 valence electrons. The molecular formula is C9H6ClF2NO4. The lowest BCUT2D eigenvalue weighted by Gasteiger charge is -2.10. The summed E-state index contributed by atoms with van der Waals surface area (Å²) in [5, 5.41) is 10.4. The van der Waals surface area contributed by atoms with E-state index >= 15 is 0 Å². The Balaban J connectivity index is 3.49. The maximum absolute atomic E-state index is 12.1. The van der Waals surface area contributed by atoms with E-state index in [0.29, 0.717) is 0 Å². The van der Waals surface area contributed by atoms with E-state index in [1.165, 1.54) is 0 Å². The van der Waals surface area contributed by atoms with Gasteiger partial charge in [0, 0.05) is 6.07 Å². The fourth-order valence-corrected chi connectivity index (χ4v) is 1.51. The van der Waals surface area contributed by atoms with Crippen molar-refractivity contribution in [3.8, 4) is 5.75 Å². The van der Waals surface area contributed by atoms with Crippen LogP contribution >= 0.6 is 11.6 Å². The third-order valence-electron chi connectivity index (χ3n) is 1.84. The Morgan fingerprint density at radius 1 is 1.53 bits per heavy atom. The Bertz CT molecular complexity index is 478. The Kier molecular flexibility index (Phi) is 3.95. The number of carbonyl (C=O) groups is 1. The summed E-state index contributed by atoms with van der Waals surface area (Å²) in [5.41, 5.74) is -1.17. The van der Waals surface area contributed by atoms with Crippen molar-refractivity contribution in [2.75, 3.05) is 0 Å². The second-order valence-corrected chi connectivity index (χ2v) is 3.37. The zero-order valence-corrected chi connectivity index (χ0v) is 9.20. The molecule has 8 heteroatoms. The van der Waals surface area contributed by atoms with Gasteiger partial charge in [0.1, 0.15) is 0 Å². The summed E-state index contributed by atoms with van der Waals surface area (Å²) < 4.78 is 28.3. The fraction of sp³-hybridized carbons (Fsp3) is 0.222. The Labute approximate surface area is 99.1 Å². The van der Waals surface area contributed by atoms with Gasteiger partial charge in [0.25, 0.3) is 0 Å². The number of Topliss-reactive ketones (excluding diaryl/α,β-unsaturated/α-hetero) is 1. The Hall–Kier alpha value is -1.76. The summed E-state index contributed by atoms with van der Waals surface area (Å²) in [6, 6.07) is 1.97. The maximum atomic E-state index is 12.1. The number of benzene rings is 1. The van der Waals surface area contributed by atoms with Crippen LogP contribution in [0, 0.1) is 10.1 Å². The molecule has 0 spiro atoms. The van der Waals surface area contributed by atoms with Crippen LogP contribution in [0.25, 0.3) is 0 Å². The highest BCUT2D eigenvalue weighted by Gasteiger charge is 2.26. The molecule has 0 heterocycles. The predicted octanol–water partition coefficient (Wildman–Crippen LogP) is 3.05. The lowest BCUT2D eigenvalue weighted by molar-refractivity contribution is -0.386. The highest BCUT2D eigenvalue weighted by Crippen LogP contribution is 2.37. The van der Waals surface area contributed by atoms with E-state index in [2.05, 4.69) is 4.74 Å². The van der Waals surface area contributed by atoms with Gasteiger partial charge in [-0.15, -0.1) is 0 Å². The molecule has 0 saturated carbocycles. The van der Waals surface area contributed by atoms with Crippen molar-refractivity contribution in [1.82, 2.24) is 0 Å². The molecule has 1 rings (SSSR count). The molecule has 0 aliphatic heterocycles. The van der Waals surface area contributed by atoms with Crippen LogP contribution in [0.2, 0.25) is 5.02 Å². The average Bonchev–Trinajstić information content (AvgIpc) is 2.15. The van der Waals surface area contributed by atoms with Crippen molar-refractivity contribution in [2.24, 2.45) is 0 Å². The first-order valence-corrected chi connectivity index (χ1v) is 4.65. The van der Waals surface area contributed by atoms with Gasteiger partial charge in [0.2, 0.25) is 5.75 Å². The number of nitrogens with zero attached hydrogens (tertiary/aromatic N) is 1. The van der Waals surface area contributed by atoms with Gasteiger partial charge >= 0.3 is 12.3 Å². The van der Waals surface area contributed by atoms with Crippen molar-refractivity contribution < 1.29 is 23.2 Å². The van der Waals surface area contributed by atoms with Crippen LogP contribution in [0.1, 0.15) is 17.3 Å². The molecule has 0 aliphatic carbocycles. The van der Waals surface area contributed by atoms with Gasteiger partial charge in [0.15, 0.2) is 5.78 Å². The van der Waals surface area contributed by atoms with Gasteiger partial charge in [-0.05, 0) is 13.0 Å². The normalized spacial score (nSPS) is 10.4. The number of halogens is 3. The van der Waals surface area contributed by atoms with Crippen LogP contribution < -0.4 is 4.74 Å². The highest BCUT2D eigenvalue weighted by atomic mass is 35.5. The minimum absolute atomic E-state index is 0.182. The van der Waals surface area contributed by atoms with E-state index in [1.54, 1.807) is 0 Å². The number of hydrogen-bond donors (Lipinski definition) is 0. The van der Waals surface area contributed by atoms with E-state index in [4.69, 9.17) is 11.6 Å².